The van der Waals surface area contributed by atoms with E-state index in [2.05, 4.69) is 15.3 Å². The number of hydrogen-bond acceptors (Lipinski definition) is 7. The largest absolute Gasteiger partial charge is 0.420 e. The monoisotopic (exact) mass is 406 g/mol. The number of carbonyl (C=O) groups excluding carboxylic acids is 1. The van der Waals surface area contributed by atoms with Gasteiger partial charge in [-0.05, 0) is 24.3 Å². The molecule has 4 aromatic rings. The summed E-state index contributed by atoms with van der Waals surface area (Å²) < 4.78 is 12.5. The van der Waals surface area contributed by atoms with Crippen molar-refractivity contribution in [3.63, 3.8) is 0 Å². The third kappa shape index (κ3) is 3.59. The number of hydrogen-bond donors (Lipinski definition) is 1. The zero-order chi connectivity index (χ0) is 19.6. The van der Waals surface area contributed by atoms with Crippen molar-refractivity contribution in [1.82, 2.24) is 9.97 Å². The maximum Gasteiger partial charge on any atom is 0.281 e. The van der Waals surface area contributed by atoms with E-state index in [0.29, 0.717) is 43.2 Å². The van der Waals surface area contributed by atoms with Crippen LogP contribution in [-0.2, 0) is 4.74 Å². The fraction of sp³-hybridized carbons (Fsp3) is 0.190. The molecule has 0 spiro atoms. The molecule has 0 radical (unpaired) electrons. The standard InChI is InChI=1S/C21H18N4O3S/c26-18(24-21-22-15-8-4-5-9-16(15)29-21)17-20(25-10-12-27-13-11-25)28-19(23-17)14-6-2-1-3-7-14/h1-9H,10-13H2,(H,22,24,26). The Morgan fingerprint density at radius 2 is 1.76 bits per heavy atom. The zero-order valence-corrected chi connectivity index (χ0v) is 16.3. The predicted octanol–water partition coefficient (Wildman–Crippen LogP) is 4.04. The van der Waals surface area contributed by atoms with Gasteiger partial charge in [0.1, 0.15) is 0 Å². The van der Waals surface area contributed by atoms with Gasteiger partial charge in [0.25, 0.3) is 5.91 Å². The number of rotatable bonds is 4. The Bertz CT molecular complexity index is 1120. The average Bonchev–Trinajstić information content (AvgIpc) is 3.39. The van der Waals surface area contributed by atoms with Crippen LogP contribution >= 0.6 is 11.3 Å². The molecule has 1 fully saturated rings. The smallest absolute Gasteiger partial charge is 0.281 e. The van der Waals surface area contributed by atoms with E-state index in [0.717, 1.165) is 15.8 Å². The summed E-state index contributed by atoms with van der Waals surface area (Å²) in [6.07, 6.45) is 0. The number of fused-ring (bicyclic) bond motifs is 1. The topological polar surface area (TPSA) is 80.5 Å². The van der Waals surface area contributed by atoms with Crippen LogP contribution in [0.1, 0.15) is 10.5 Å². The molecule has 8 heteroatoms. The van der Waals surface area contributed by atoms with Crippen LogP contribution in [0.3, 0.4) is 0 Å². The summed E-state index contributed by atoms with van der Waals surface area (Å²) in [5.74, 6) is 0.545. The summed E-state index contributed by atoms with van der Waals surface area (Å²) in [5.41, 5.74) is 1.93. The van der Waals surface area contributed by atoms with Crippen LogP contribution in [0.15, 0.2) is 59.0 Å². The van der Waals surface area contributed by atoms with Crippen molar-refractivity contribution in [2.75, 3.05) is 36.5 Å². The van der Waals surface area contributed by atoms with Gasteiger partial charge in [0.2, 0.25) is 11.8 Å². The van der Waals surface area contributed by atoms with Crippen molar-refractivity contribution >= 4 is 38.5 Å². The van der Waals surface area contributed by atoms with Gasteiger partial charge in [0.15, 0.2) is 10.8 Å². The van der Waals surface area contributed by atoms with E-state index in [1.807, 2.05) is 59.5 Å². The Labute approximate surface area is 171 Å². The van der Waals surface area contributed by atoms with Gasteiger partial charge in [-0.25, -0.2) is 9.97 Å². The van der Waals surface area contributed by atoms with Crippen LogP contribution < -0.4 is 10.2 Å². The Morgan fingerprint density at radius 1 is 1.00 bits per heavy atom. The molecule has 0 bridgehead atoms. The maximum atomic E-state index is 13.1. The van der Waals surface area contributed by atoms with Gasteiger partial charge in [-0.1, -0.05) is 41.7 Å². The Morgan fingerprint density at radius 3 is 2.55 bits per heavy atom. The summed E-state index contributed by atoms with van der Waals surface area (Å²) in [6, 6.07) is 17.3. The molecule has 1 amide bonds. The minimum atomic E-state index is -0.337. The lowest BCUT2D eigenvalue weighted by Gasteiger charge is -2.26. The third-order valence-corrected chi connectivity index (χ3v) is 5.61. The number of para-hydroxylation sites is 1. The number of benzene rings is 2. The maximum absolute atomic E-state index is 13.1. The molecule has 1 saturated heterocycles. The van der Waals surface area contributed by atoms with E-state index in [1.54, 1.807) is 0 Å². The van der Waals surface area contributed by atoms with Crippen LogP contribution in [-0.4, -0.2) is 42.2 Å². The van der Waals surface area contributed by atoms with Crippen molar-refractivity contribution in [3.8, 4) is 11.5 Å². The molecule has 1 N–H and O–H groups in total. The molecule has 0 atom stereocenters. The molecule has 0 aliphatic carbocycles. The second kappa shape index (κ2) is 7.65. The van der Waals surface area contributed by atoms with E-state index < -0.39 is 0 Å². The molecule has 1 aliphatic rings. The minimum absolute atomic E-state index is 0.255. The number of anilines is 2. The number of nitrogens with one attached hydrogen (secondary N) is 1. The zero-order valence-electron chi connectivity index (χ0n) is 15.5. The highest BCUT2D eigenvalue weighted by molar-refractivity contribution is 7.22. The van der Waals surface area contributed by atoms with Gasteiger partial charge in [0, 0.05) is 18.7 Å². The summed E-state index contributed by atoms with van der Waals surface area (Å²) in [5, 5.41) is 3.42. The molecule has 7 nitrogen and oxygen atoms in total. The molecule has 0 saturated carbocycles. The Hall–Kier alpha value is -3.23. The first-order valence-electron chi connectivity index (χ1n) is 9.34. The number of ether oxygens (including phenoxy) is 1. The normalized spacial score (nSPS) is 14.3. The third-order valence-electron chi connectivity index (χ3n) is 4.66. The van der Waals surface area contributed by atoms with Crippen LogP contribution in [0.5, 0.6) is 0 Å². The molecule has 5 rings (SSSR count). The first-order chi connectivity index (χ1) is 14.3. The van der Waals surface area contributed by atoms with Crippen LogP contribution in [0.2, 0.25) is 0 Å². The van der Waals surface area contributed by atoms with Crippen LogP contribution in [0, 0.1) is 0 Å². The van der Waals surface area contributed by atoms with Crippen molar-refractivity contribution < 1.29 is 13.9 Å². The molecule has 146 valence electrons. The van der Waals surface area contributed by atoms with Crippen molar-refractivity contribution in [1.29, 1.82) is 0 Å². The van der Waals surface area contributed by atoms with Gasteiger partial charge >= 0.3 is 0 Å². The average molecular weight is 406 g/mol. The summed E-state index contributed by atoms with van der Waals surface area (Å²) in [4.78, 5) is 24.1. The number of nitrogens with zero attached hydrogens (tertiary/aromatic N) is 3. The van der Waals surface area contributed by atoms with E-state index in [9.17, 15) is 4.79 Å². The number of amides is 1. The first kappa shape index (κ1) is 17.8. The number of thiazole rings is 1. The molecule has 0 unspecified atom stereocenters. The number of morpholine rings is 1. The van der Waals surface area contributed by atoms with Crippen LogP contribution in [0.4, 0.5) is 11.0 Å². The molecular weight excluding hydrogens is 388 g/mol. The molecule has 3 heterocycles. The van der Waals surface area contributed by atoms with E-state index in [1.165, 1.54) is 11.3 Å². The summed E-state index contributed by atoms with van der Waals surface area (Å²) >= 11 is 1.43. The number of oxazole rings is 1. The van der Waals surface area contributed by atoms with Crippen molar-refractivity contribution in [3.05, 3.63) is 60.3 Å². The minimum Gasteiger partial charge on any atom is -0.420 e. The van der Waals surface area contributed by atoms with Gasteiger partial charge in [0.05, 0.1) is 23.4 Å². The van der Waals surface area contributed by atoms with Gasteiger partial charge in [-0.15, -0.1) is 0 Å². The highest BCUT2D eigenvalue weighted by Gasteiger charge is 2.27. The fourth-order valence-electron chi connectivity index (χ4n) is 3.23. The second-order valence-electron chi connectivity index (χ2n) is 6.58. The fourth-order valence-corrected chi connectivity index (χ4v) is 4.09. The number of aromatic nitrogens is 2. The van der Waals surface area contributed by atoms with E-state index >= 15 is 0 Å². The van der Waals surface area contributed by atoms with Crippen molar-refractivity contribution in [2.24, 2.45) is 0 Å². The Balaban J connectivity index is 1.49. The summed E-state index contributed by atoms with van der Waals surface area (Å²) in [7, 11) is 0. The second-order valence-corrected chi connectivity index (χ2v) is 7.61. The lowest BCUT2D eigenvalue weighted by atomic mass is 10.2. The predicted molar refractivity (Wildman–Crippen MR) is 113 cm³/mol. The SMILES string of the molecule is O=C(Nc1nc2ccccc2s1)c1nc(-c2ccccc2)oc1N1CCOCC1. The highest BCUT2D eigenvalue weighted by Crippen LogP contribution is 2.31. The van der Waals surface area contributed by atoms with Gasteiger partial charge in [-0.3, -0.25) is 10.1 Å². The molecule has 29 heavy (non-hydrogen) atoms. The molecular formula is C21H18N4O3S. The van der Waals surface area contributed by atoms with E-state index in [4.69, 9.17) is 9.15 Å². The highest BCUT2D eigenvalue weighted by atomic mass is 32.1. The molecule has 2 aromatic carbocycles. The number of carbonyl (C=O) groups is 1. The lowest BCUT2D eigenvalue weighted by molar-refractivity contribution is 0.101. The quantitative estimate of drug-likeness (QED) is 0.551. The van der Waals surface area contributed by atoms with Crippen molar-refractivity contribution in [2.45, 2.75) is 0 Å². The van der Waals surface area contributed by atoms with E-state index in [-0.39, 0.29) is 11.6 Å². The molecule has 2 aromatic heterocycles. The summed E-state index contributed by atoms with van der Waals surface area (Å²) in [6.45, 7) is 2.45. The van der Waals surface area contributed by atoms with Gasteiger partial charge < -0.3 is 14.1 Å². The molecule has 1 aliphatic heterocycles. The van der Waals surface area contributed by atoms with Crippen LogP contribution in [0.25, 0.3) is 21.7 Å². The first-order valence-corrected chi connectivity index (χ1v) is 10.2. The van der Waals surface area contributed by atoms with Gasteiger partial charge in [-0.2, -0.15) is 0 Å². The lowest BCUT2D eigenvalue weighted by Crippen LogP contribution is -2.37. The Kier molecular flexibility index (Phi) is 4.71.